The van der Waals surface area contributed by atoms with Crippen LogP contribution in [0.15, 0.2) is 47.4 Å². The number of nitrogens with zero attached hydrogens (tertiary/aromatic N) is 1. The second kappa shape index (κ2) is 5.99. The van der Waals surface area contributed by atoms with Crippen molar-refractivity contribution in [2.24, 2.45) is 0 Å². The van der Waals surface area contributed by atoms with Gasteiger partial charge in [-0.2, -0.15) is 0 Å². The molecule has 0 saturated carbocycles. The van der Waals surface area contributed by atoms with E-state index in [1.807, 2.05) is 0 Å². The van der Waals surface area contributed by atoms with Gasteiger partial charge in [-0.1, -0.05) is 23.7 Å². The zero-order valence-corrected chi connectivity index (χ0v) is 14.6. The highest BCUT2D eigenvalue weighted by Crippen LogP contribution is 2.38. The third-order valence-corrected chi connectivity index (χ3v) is 5.93. The Morgan fingerprint density at radius 1 is 1.21 bits per heavy atom. The molecule has 1 aliphatic rings. The molecule has 1 heterocycles. The highest BCUT2D eigenvalue weighted by Gasteiger charge is 2.39. The Morgan fingerprint density at radius 2 is 1.92 bits per heavy atom. The van der Waals surface area contributed by atoms with E-state index in [9.17, 15) is 13.2 Å². The van der Waals surface area contributed by atoms with Crippen molar-refractivity contribution in [3.63, 3.8) is 0 Å². The van der Waals surface area contributed by atoms with Gasteiger partial charge < -0.3 is 10.1 Å². The number of carbonyl (C=O) groups is 1. The zero-order chi connectivity index (χ0) is 17.5. The van der Waals surface area contributed by atoms with Crippen LogP contribution in [-0.2, 0) is 14.8 Å². The molecule has 3 rings (SSSR count). The molecule has 0 radical (unpaired) electrons. The fourth-order valence-corrected chi connectivity index (χ4v) is 4.68. The predicted octanol–water partition coefficient (Wildman–Crippen LogP) is 2.88. The molecule has 0 aliphatic carbocycles. The molecule has 1 atom stereocenters. The minimum Gasteiger partial charge on any atom is -0.495 e. The maximum Gasteiger partial charge on any atom is 0.268 e. The van der Waals surface area contributed by atoms with Gasteiger partial charge in [-0.05, 0) is 37.3 Å². The summed E-state index contributed by atoms with van der Waals surface area (Å²) in [5.41, 5.74) is 0.830. The first kappa shape index (κ1) is 16.6. The van der Waals surface area contributed by atoms with Gasteiger partial charge in [0, 0.05) is 5.02 Å². The predicted molar refractivity (Wildman–Crippen MR) is 92.2 cm³/mol. The molecule has 1 unspecified atom stereocenters. The van der Waals surface area contributed by atoms with Crippen molar-refractivity contribution in [2.45, 2.75) is 17.9 Å². The van der Waals surface area contributed by atoms with Crippen molar-refractivity contribution in [1.29, 1.82) is 0 Å². The number of anilines is 2. The van der Waals surface area contributed by atoms with Crippen LogP contribution in [-0.4, -0.2) is 27.5 Å². The smallest absolute Gasteiger partial charge is 0.268 e. The number of sulfonamides is 1. The molecule has 2 aromatic rings. The number of hydrogen-bond donors (Lipinski definition) is 1. The monoisotopic (exact) mass is 366 g/mol. The molecule has 2 aromatic carbocycles. The van der Waals surface area contributed by atoms with Gasteiger partial charge in [0.1, 0.15) is 16.7 Å². The van der Waals surface area contributed by atoms with E-state index >= 15 is 0 Å². The summed E-state index contributed by atoms with van der Waals surface area (Å²) >= 11 is 5.97. The van der Waals surface area contributed by atoms with Crippen molar-refractivity contribution in [2.75, 3.05) is 16.7 Å². The first-order valence-electron chi connectivity index (χ1n) is 7.14. The number of methoxy groups -OCH3 is 1. The van der Waals surface area contributed by atoms with E-state index in [-0.39, 0.29) is 15.7 Å². The van der Waals surface area contributed by atoms with Gasteiger partial charge in [0.15, 0.2) is 0 Å². The van der Waals surface area contributed by atoms with Crippen LogP contribution in [0.3, 0.4) is 0 Å². The number of benzene rings is 2. The third-order valence-electron chi connectivity index (χ3n) is 3.79. The molecule has 8 heteroatoms. The molecular weight excluding hydrogens is 352 g/mol. The third kappa shape index (κ3) is 2.59. The number of fused-ring (bicyclic) bond motifs is 1. The summed E-state index contributed by atoms with van der Waals surface area (Å²) in [6, 6.07) is 10.2. The molecule has 6 nitrogen and oxygen atoms in total. The number of para-hydroxylation sites is 2. The van der Waals surface area contributed by atoms with Crippen LogP contribution in [0.25, 0.3) is 0 Å². The summed E-state index contributed by atoms with van der Waals surface area (Å²) in [7, 11) is -2.68. The molecule has 24 heavy (non-hydrogen) atoms. The molecule has 0 bridgehead atoms. The fourth-order valence-electron chi connectivity index (χ4n) is 2.62. The van der Waals surface area contributed by atoms with Crippen LogP contribution in [0.2, 0.25) is 5.02 Å². The van der Waals surface area contributed by atoms with Crippen molar-refractivity contribution in [1.82, 2.24) is 0 Å². The van der Waals surface area contributed by atoms with E-state index in [2.05, 4.69) is 5.32 Å². The van der Waals surface area contributed by atoms with Gasteiger partial charge in [-0.3, -0.25) is 9.10 Å². The summed E-state index contributed by atoms with van der Waals surface area (Å²) in [6.45, 7) is 1.53. The summed E-state index contributed by atoms with van der Waals surface area (Å²) in [5.74, 6) is -0.242. The van der Waals surface area contributed by atoms with E-state index < -0.39 is 22.0 Å². The van der Waals surface area contributed by atoms with E-state index in [0.717, 1.165) is 4.31 Å². The van der Waals surface area contributed by atoms with Gasteiger partial charge in [-0.15, -0.1) is 0 Å². The van der Waals surface area contributed by atoms with Gasteiger partial charge >= 0.3 is 0 Å². The Labute approximate surface area is 145 Å². The van der Waals surface area contributed by atoms with Gasteiger partial charge in [0.25, 0.3) is 10.0 Å². The number of ether oxygens (including phenoxy) is 1. The van der Waals surface area contributed by atoms with Crippen molar-refractivity contribution in [3.8, 4) is 5.75 Å². The van der Waals surface area contributed by atoms with Crippen LogP contribution < -0.4 is 14.4 Å². The van der Waals surface area contributed by atoms with Gasteiger partial charge in [-0.25, -0.2) is 8.42 Å². The molecule has 126 valence electrons. The lowest BCUT2D eigenvalue weighted by Gasteiger charge is -2.35. The van der Waals surface area contributed by atoms with Crippen LogP contribution in [0.5, 0.6) is 5.75 Å². The largest absolute Gasteiger partial charge is 0.495 e. The molecule has 0 aromatic heterocycles. The Hall–Kier alpha value is -2.25. The molecule has 1 amide bonds. The van der Waals surface area contributed by atoms with Crippen LogP contribution in [0.4, 0.5) is 11.4 Å². The van der Waals surface area contributed by atoms with Crippen molar-refractivity contribution >= 4 is 38.9 Å². The minimum atomic E-state index is -4.06. The molecule has 1 N–H and O–H groups in total. The number of hydrogen-bond acceptors (Lipinski definition) is 4. The highest BCUT2D eigenvalue weighted by molar-refractivity contribution is 7.93. The zero-order valence-electron chi connectivity index (χ0n) is 13.0. The molecule has 0 saturated heterocycles. The fraction of sp³-hybridized carbons (Fsp3) is 0.188. The highest BCUT2D eigenvalue weighted by atomic mass is 35.5. The average Bonchev–Trinajstić information content (AvgIpc) is 2.55. The maximum absolute atomic E-state index is 13.2. The second-order valence-electron chi connectivity index (χ2n) is 5.28. The number of nitrogens with one attached hydrogen (secondary N) is 1. The molecular formula is C16H15ClN2O4S. The Bertz CT molecular complexity index is 914. The summed E-state index contributed by atoms with van der Waals surface area (Å²) < 4.78 is 32.7. The lowest BCUT2D eigenvalue weighted by atomic mass is 10.1. The molecule has 1 aliphatic heterocycles. The topological polar surface area (TPSA) is 75.7 Å². The Balaban J connectivity index is 2.23. The number of carbonyl (C=O) groups excluding carboxylic acids is 1. The summed E-state index contributed by atoms with van der Waals surface area (Å²) in [4.78, 5) is 12.1. The van der Waals surface area contributed by atoms with E-state index in [1.165, 1.54) is 26.2 Å². The summed E-state index contributed by atoms with van der Waals surface area (Å²) in [6.07, 6.45) is 0. The van der Waals surface area contributed by atoms with Crippen LogP contribution in [0.1, 0.15) is 6.92 Å². The second-order valence-corrected chi connectivity index (χ2v) is 7.50. The van der Waals surface area contributed by atoms with E-state index in [0.29, 0.717) is 11.4 Å². The average molecular weight is 367 g/mol. The standard InChI is InChI=1S/C16H15ClN2O4S/c1-10-16(20)18-12-5-3-4-6-13(12)19(10)24(21,22)15-9-11(17)7-8-14(15)23-2/h3-10H,1-2H3,(H,18,20). The van der Waals surface area contributed by atoms with Crippen LogP contribution >= 0.6 is 11.6 Å². The number of amides is 1. The first-order valence-corrected chi connectivity index (χ1v) is 8.96. The molecule has 0 fully saturated rings. The number of halogens is 1. The van der Waals surface area contributed by atoms with Crippen LogP contribution in [0, 0.1) is 0 Å². The SMILES string of the molecule is COc1ccc(Cl)cc1S(=O)(=O)N1c2ccccc2NC(=O)C1C. The maximum atomic E-state index is 13.2. The minimum absolute atomic E-state index is 0.0890. The first-order chi connectivity index (χ1) is 11.4. The van der Waals surface area contributed by atoms with E-state index in [4.69, 9.17) is 16.3 Å². The lowest BCUT2D eigenvalue weighted by molar-refractivity contribution is -0.117. The Kier molecular flexibility index (Phi) is 4.15. The summed E-state index contributed by atoms with van der Waals surface area (Å²) in [5, 5.41) is 2.96. The molecule has 0 spiro atoms. The lowest BCUT2D eigenvalue weighted by Crippen LogP contribution is -2.49. The number of rotatable bonds is 3. The van der Waals surface area contributed by atoms with E-state index in [1.54, 1.807) is 30.3 Å². The quantitative estimate of drug-likeness (QED) is 0.906. The Morgan fingerprint density at radius 3 is 2.62 bits per heavy atom. The normalized spacial score (nSPS) is 17.2. The van der Waals surface area contributed by atoms with Crippen molar-refractivity contribution < 1.29 is 17.9 Å². The van der Waals surface area contributed by atoms with Crippen molar-refractivity contribution in [3.05, 3.63) is 47.5 Å². The van der Waals surface area contributed by atoms with Gasteiger partial charge in [0.2, 0.25) is 5.91 Å². The van der Waals surface area contributed by atoms with Gasteiger partial charge in [0.05, 0.1) is 18.5 Å².